The molecule has 8 heteroatoms. The molecule has 0 spiro atoms. The largest absolute Gasteiger partial charge is 0.480 e. The number of rotatable bonds is 6. The predicted octanol–water partition coefficient (Wildman–Crippen LogP) is -1.06. The fourth-order valence-electron chi connectivity index (χ4n) is 2.37. The average Bonchev–Trinajstić information content (AvgIpc) is 2.93. The highest BCUT2D eigenvalue weighted by atomic mass is 16.4. The number of piperidine rings is 1. The number of carboxylic acid groups (broad SMARTS) is 1. The Morgan fingerprint density at radius 1 is 1.52 bits per heavy atom. The van der Waals surface area contributed by atoms with Gasteiger partial charge >= 0.3 is 5.97 Å². The Labute approximate surface area is 122 Å². The molecule has 1 aromatic rings. The Morgan fingerprint density at radius 2 is 2.24 bits per heavy atom. The van der Waals surface area contributed by atoms with Crippen LogP contribution in [-0.2, 0) is 16.0 Å². The summed E-state index contributed by atoms with van der Waals surface area (Å²) in [7, 11) is 0. The van der Waals surface area contributed by atoms with Crippen molar-refractivity contribution in [3.05, 3.63) is 18.2 Å². The minimum Gasteiger partial charge on any atom is -0.480 e. The molecule has 0 saturated carbocycles. The van der Waals surface area contributed by atoms with E-state index in [1.165, 1.54) is 6.33 Å². The highest BCUT2D eigenvalue weighted by Gasteiger charge is 2.23. The number of nitrogens with two attached hydrogens (primary N) is 1. The van der Waals surface area contributed by atoms with E-state index in [0.717, 1.165) is 25.9 Å². The Bertz CT molecular complexity index is 468. The van der Waals surface area contributed by atoms with E-state index in [0.29, 0.717) is 5.69 Å². The van der Waals surface area contributed by atoms with Crippen molar-refractivity contribution in [2.45, 2.75) is 31.3 Å². The first-order chi connectivity index (χ1) is 10.0. The lowest BCUT2D eigenvalue weighted by Gasteiger charge is -2.29. The fourth-order valence-corrected chi connectivity index (χ4v) is 2.37. The van der Waals surface area contributed by atoms with Crippen LogP contribution in [-0.4, -0.2) is 63.6 Å². The summed E-state index contributed by atoms with van der Waals surface area (Å²) in [4.78, 5) is 31.8. The molecule has 8 nitrogen and oxygen atoms in total. The molecule has 1 amide bonds. The van der Waals surface area contributed by atoms with E-state index in [1.807, 2.05) is 4.90 Å². The number of hydrogen-bond donors (Lipinski definition) is 4. The Kier molecular flexibility index (Phi) is 5.29. The van der Waals surface area contributed by atoms with Crippen LogP contribution in [0.4, 0.5) is 0 Å². The third-order valence-electron chi connectivity index (χ3n) is 3.61. The minimum atomic E-state index is -1.06. The third-order valence-corrected chi connectivity index (χ3v) is 3.61. The summed E-state index contributed by atoms with van der Waals surface area (Å²) in [6, 6.07) is -0.749. The second-order valence-electron chi connectivity index (χ2n) is 5.35. The van der Waals surface area contributed by atoms with Gasteiger partial charge in [0.1, 0.15) is 6.04 Å². The zero-order valence-electron chi connectivity index (χ0n) is 11.8. The summed E-state index contributed by atoms with van der Waals surface area (Å²) < 4.78 is 0. The van der Waals surface area contributed by atoms with Crippen molar-refractivity contribution in [1.29, 1.82) is 0 Å². The number of carboxylic acids is 1. The van der Waals surface area contributed by atoms with Gasteiger partial charge in [-0.15, -0.1) is 0 Å². The van der Waals surface area contributed by atoms with E-state index in [-0.39, 0.29) is 24.9 Å². The summed E-state index contributed by atoms with van der Waals surface area (Å²) in [5.74, 6) is -1.34. The molecular formula is C13H21N5O3. The predicted molar refractivity (Wildman–Crippen MR) is 75.5 cm³/mol. The molecule has 0 aromatic carbocycles. The Balaban J connectivity index is 1.82. The molecule has 1 aromatic heterocycles. The number of carbonyl (C=O) groups is 2. The van der Waals surface area contributed by atoms with Gasteiger partial charge in [0, 0.05) is 37.4 Å². The molecule has 21 heavy (non-hydrogen) atoms. The lowest BCUT2D eigenvalue weighted by molar-refractivity contribution is -0.142. The van der Waals surface area contributed by atoms with Gasteiger partial charge in [-0.05, 0) is 12.8 Å². The summed E-state index contributed by atoms with van der Waals surface area (Å²) >= 11 is 0. The highest BCUT2D eigenvalue weighted by molar-refractivity contribution is 5.84. The van der Waals surface area contributed by atoms with Crippen molar-refractivity contribution in [3.63, 3.8) is 0 Å². The molecule has 1 atom stereocenters. The van der Waals surface area contributed by atoms with Crippen LogP contribution in [0.15, 0.2) is 12.5 Å². The molecule has 116 valence electrons. The van der Waals surface area contributed by atoms with Crippen molar-refractivity contribution in [3.8, 4) is 0 Å². The summed E-state index contributed by atoms with van der Waals surface area (Å²) in [5.41, 5.74) is 6.48. The lowest BCUT2D eigenvalue weighted by atomic mass is 10.1. The number of nitrogens with zero attached hydrogens (tertiary/aromatic N) is 2. The maximum Gasteiger partial charge on any atom is 0.326 e. The number of imidazole rings is 1. The molecule has 1 saturated heterocycles. The maximum atomic E-state index is 12.0. The summed E-state index contributed by atoms with van der Waals surface area (Å²) in [5, 5.41) is 11.7. The molecule has 0 bridgehead atoms. The number of H-pyrrole nitrogens is 1. The van der Waals surface area contributed by atoms with E-state index in [1.54, 1.807) is 6.20 Å². The zero-order valence-corrected chi connectivity index (χ0v) is 11.8. The number of aromatic nitrogens is 2. The van der Waals surface area contributed by atoms with Gasteiger partial charge in [-0.2, -0.15) is 0 Å². The lowest BCUT2D eigenvalue weighted by Crippen LogP contribution is -2.49. The van der Waals surface area contributed by atoms with Crippen LogP contribution in [0.5, 0.6) is 0 Å². The van der Waals surface area contributed by atoms with Crippen molar-refractivity contribution in [2.24, 2.45) is 5.73 Å². The number of likely N-dealkylation sites (tertiary alicyclic amines) is 1. The fraction of sp³-hybridized carbons (Fsp3) is 0.615. The molecule has 5 N–H and O–H groups in total. The van der Waals surface area contributed by atoms with Crippen molar-refractivity contribution >= 4 is 11.9 Å². The van der Waals surface area contributed by atoms with Crippen molar-refractivity contribution < 1.29 is 14.7 Å². The van der Waals surface area contributed by atoms with Crippen molar-refractivity contribution in [1.82, 2.24) is 20.2 Å². The molecule has 0 unspecified atom stereocenters. The monoisotopic (exact) mass is 295 g/mol. The number of hydrogen-bond acceptors (Lipinski definition) is 5. The quantitative estimate of drug-likeness (QED) is 0.530. The van der Waals surface area contributed by atoms with Gasteiger partial charge in [0.25, 0.3) is 0 Å². The van der Waals surface area contributed by atoms with E-state index >= 15 is 0 Å². The van der Waals surface area contributed by atoms with Crippen LogP contribution in [0.3, 0.4) is 0 Å². The average molecular weight is 295 g/mol. The molecule has 2 heterocycles. The molecule has 0 radical (unpaired) electrons. The normalized spacial score (nSPS) is 18.3. The number of carbonyl (C=O) groups excluding carboxylic acids is 1. The van der Waals surface area contributed by atoms with E-state index in [4.69, 9.17) is 5.73 Å². The van der Waals surface area contributed by atoms with Crippen LogP contribution in [0.2, 0.25) is 0 Å². The van der Waals surface area contributed by atoms with Crippen LogP contribution < -0.4 is 11.1 Å². The number of aliphatic carboxylic acids is 1. The molecule has 1 aliphatic rings. The maximum absolute atomic E-state index is 12.0. The molecule has 1 aliphatic heterocycles. The number of nitrogens with one attached hydrogen (secondary N) is 2. The van der Waals surface area contributed by atoms with Gasteiger partial charge in [-0.1, -0.05) is 0 Å². The van der Waals surface area contributed by atoms with Crippen LogP contribution in [0.1, 0.15) is 18.5 Å². The summed E-state index contributed by atoms with van der Waals surface area (Å²) in [6.45, 7) is 1.75. The SMILES string of the molecule is NC1CCN(CC(=O)N[C@@H](Cc2cnc[nH]2)C(=O)O)CC1. The van der Waals surface area contributed by atoms with Gasteiger partial charge in [-0.3, -0.25) is 9.69 Å². The van der Waals surface area contributed by atoms with E-state index in [2.05, 4.69) is 15.3 Å². The standard InChI is InChI=1S/C13H21N5O3/c14-9-1-3-18(4-2-9)7-12(19)17-11(13(20)21)5-10-6-15-8-16-10/h6,8-9,11H,1-5,7,14H2,(H,15,16)(H,17,19)(H,20,21)/t11-/m0/s1. The Morgan fingerprint density at radius 3 is 2.81 bits per heavy atom. The molecule has 2 rings (SSSR count). The first-order valence-corrected chi connectivity index (χ1v) is 7.02. The minimum absolute atomic E-state index is 0.186. The smallest absolute Gasteiger partial charge is 0.326 e. The van der Waals surface area contributed by atoms with Crippen LogP contribution in [0, 0.1) is 0 Å². The van der Waals surface area contributed by atoms with Gasteiger partial charge in [0.05, 0.1) is 12.9 Å². The number of amides is 1. The second kappa shape index (κ2) is 7.19. The van der Waals surface area contributed by atoms with Crippen LogP contribution in [0.25, 0.3) is 0 Å². The Hall–Kier alpha value is -1.93. The highest BCUT2D eigenvalue weighted by Crippen LogP contribution is 2.07. The molecular weight excluding hydrogens is 274 g/mol. The summed E-state index contributed by atoms with van der Waals surface area (Å²) in [6.07, 6.45) is 4.95. The van der Waals surface area contributed by atoms with Gasteiger partial charge in [0.15, 0.2) is 0 Å². The second-order valence-corrected chi connectivity index (χ2v) is 5.35. The first kappa shape index (κ1) is 15.5. The molecule has 1 fully saturated rings. The molecule has 0 aliphatic carbocycles. The van der Waals surface area contributed by atoms with Gasteiger partial charge in [0.2, 0.25) is 5.91 Å². The van der Waals surface area contributed by atoms with Gasteiger partial charge in [-0.25, -0.2) is 9.78 Å². The zero-order chi connectivity index (χ0) is 15.2. The van der Waals surface area contributed by atoms with Crippen LogP contribution >= 0.6 is 0 Å². The van der Waals surface area contributed by atoms with Gasteiger partial charge < -0.3 is 21.1 Å². The van der Waals surface area contributed by atoms with E-state index < -0.39 is 12.0 Å². The van der Waals surface area contributed by atoms with E-state index in [9.17, 15) is 14.7 Å². The third kappa shape index (κ3) is 4.83. The topological polar surface area (TPSA) is 124 Å². The number of aromatic amines is 1. The first-order valence-electron chi connectivity index (χ1n) is 7.02. The van der Waals surface area contributed by atoms with Crippen molar-refractivity contribution in [2.75, 3.05) is 19.6 Å².